The highest BCUT2D eigenvalue weighted by atomic mass is 32.1. The van der Waals surface area contributed by atoms with Gasteiger partial charge in [0.15, 0.2) is 5.82 Å². The molecule has 1 saturated heterocycles. The van der Waals surface area contributed by atoms with E-state index in [-0.39, 0.29) is 22.2 Å². The standard InChI is InChI=1S/C19H25N3O5S/c1-10-5-11(2)8-22(7-10)9-13-20-17(24)15-12(6-14(23)26-3)16(19(25)27-4)28-18(15)21-13/h10-11H,5-9H2,1-4H3,(H,20,21,24)/p+1/t10-,11-/m1/s1. The molecular formula is C19H26N3O5S+. The Balaban J connectivity index is 1.99. The van der Waals surface area contributed by atoms with Gasteiger partial charge in [-0.05, 0) is 6.42 Å². The molecule has 1 fully saturated rings. The van der Waals surface area contributed by atoms with Gasteiger partial charge in [0.05, 0.1) is 39.1 Å². The molecule has 1 aliphatic heterocycles. The summed E-state index contributed by atoms with van der Waals surface area (Å²) in [5.74, 6) is 0.736. The zero-order valence-electron chi connectivity index (χ0n) is 16.6. The molecule has 9 heteroatoms. The van der Waals surface area contributed by atoms with E-state index in [1.807, 2.05) is 0 Å². The first kappa shape index (κ1) is 20.5. The molecule has 2 aromatic heterocycles. The van der Waals surface area contributed by atoms with E-state index in [1.54, 1.807) is 0 Å². The van der Waals surface area contributed by atoms with Gasteiger partial charge in [0, 0.05) is 17.4 Å². The Hall–Kier alpha value is -2.26. The van der Waals surface area contributed by atoms with Crippen LogP contribution in [-0.4, -0.2) is 49.2 Å². The number of methoxy groups -OCH3 is 2. The molecule has 0 saturated carbocycles. The molecule has 0 unspecified atom stereocenters. The summed E-state index contributed by atoms with van der Waals surface area (Å²) in [6.45, 7) is 7.19. The average molecular weight is 409 g/mol. The highest BCUT2D eigenvalue weighted by Crippen LogP contribution is 2.29. The first-order valence-corrected chi connectivity index (χ1v) is 10.2. The lowest BCUT2D eigenvalue weighted by molar-refractivity contribution is -0.926. The van der Waals surface area contributed by atoms with E-state index < -0.39 is 11.9 Å². The first-order valence-electron chi connectivity index (χ1n) is 9.35. The van der Waals surface area contributed by atoms with Crippen molar-refractivity contribution in [2.45, 2.75) is 33.2 Å². The molecule has 3 heterocycles. The molecule has 0 spiro atoms. The number of aromatic amines is 1. The number of hydrogen-bond acceptors (Lipinski definition) is 7. The summed E-state index contributed by atoms with van der Waals surface area (Å²) in [4.78, 5) is 46.2. The third kappa shape index (κ3) is 4.25. The maximum Gasteiger partial charge on any atom is 0.348 e. The number of carbonyl (C=O) groups is 2. The van der Waals surface area contributed by atoms with Crippen LogP contribution in [0.15, 0.2) is 4.79 Å². The summed E-state index contributed by atoms with van der Waals surface area (Å²) in [5.41, 5.74) is -0.0330. The molecule has 2 aromatic rings. The summed E-state index contributed by atoms with van der Waals surface area (Å²) in [6.07, 6.45) is 1.04. The zero-order chi connectivity index (χ0) is 20.4. The van der Waals surface area contributed by atoms with E-state index >= 15 is 0 Å². The van der Waals surface area contributed by atoms with Crippen LogP contribution in [0.5, 0.6) is 0 Å². The lowest BCUT2D eigenvalue weighted by atomic mass is 9.92. The maximum absolute atomic E-state index is 12.8. The molecule has 1 aliphatic rings. The van der Waals surface area contributed by atoms with Crippen molar-refractivity contribution in [1.29, 1.82) is 0 Å². The smallest absolute Gasteiger partial charge is 0.348 e. The minimum absolute atomic E-state index is 0.183. The van der Waals surface area contributed by atoms with Gasteiger partial charge in [-0.15, -0.1) is 11.3 Å². The van der Waals surface area contributed by atoms with Gasteiger partial charge >= 0.3 is 11.9 Å². The third-order valence-corrected chi connectivity index (χ3v) is 6.23. The highest BCUT2D eigenvalue weighted by Gasteiger charge is 2.28. The molecular weight excluding hydrogens is 382 g/mol. The number of H-pyrrole nitrogens is 1. The number of thiophene rings is 1. The molecule has 8 nitrogen and oxygen atoms in total. The van der Waals surface area contributed by atoms with Gasteiger partial charge in [0.1, 0.15) is 16.3 Å². The Morgan fingerprint density at radius 2 is 1.89 bits per heavy atom. The fourth-order valence-corrected chi connectivity index (χ4v) is 5.27. The normalized spacial score (nSPS) is 22.2. The summed E-state index contributed by atoms with van der Waals surface area (Å²) in [5, 5.41) is 0.259. The van der Waals surface area contributed by atoms with Gasteiger partial charge in [0.25, 0.3) is 5.56 Å². The van der Waals surface area contributed by atoms with Crippen LogP contribution >= 0.6 is 11.3 Å². The molecule has 152 valence electrons. The van der Waals surface area contributed by atoms with Crippen LogP contribution in [0.3, 0.4) is 0 Å². The quantitative estimate of drug-likeness (QED) is 0.701. The number of fused-ring (bicyclic) bond motifs is 1. The van der Waals surface area contributed by atoms with Crippen LogP contribution in [0.1, 0.15) is 41.3 Å². The molecule has 0 aliphatic carbocycles. The number of nitrogens with one attached hydrogen (secondary N) is 2. The Morgan fingerprint density at radius 1 is 1.21 bits per heavy atom. The Kier molecular flexibility index (Phi) is 6.14. The predicted molar refractivity (Wildman–Crippen MR) is 105 cm³/mol. The molecule has 2 N–H and O–H groups in total. The van der Waals surface area contributed by atoms with Crippen LogP contribution in [0.25, 0.3) is 10.2 Å². The van der Waals surface area contributed by atoms with Gasteiger partial charge in [-0.25, -0.2) is 9.78 Å². The van der Waals surface area contributed by atoms with Crippen molar-refractivity contribution in [1.82, 2.24) is 9.97 Å². The second-order valence-electron chi connectivity index (χ2n) is 7.63. The van der Waals surface area contributed by atoms with Crippen LogP contribution in [0.4, 0.5) is 0 Å². The number of esters is 2. The number of rotatable bonds is 5. The predicted octanol–water partition coefficient (Wildman–Crippen LogP) is 0.548. The second kappa shape index (κ2) is 8.40. The lowest BCUT2D eigenvalue weighted by Crippen LogP contribution is -3.13. The fourth-order valence-electron chi connectivity index (χ4n) is 4.14. The second-order valence-corrected chi connectivity index (χ2v) is 8.63. The van der Waals surface area contributed by atoms with Crippen molar-refractivity contribution < 1.29 is 24.0 Å². The monoisotopic (exact) mass is 408 g/mol. The molecule has 3 rings (SSSR count). The minimum Gasteiger partial charge on any atom is -0.469 e. The number of hydrogen-bond donors (Lipinski definition) is 2. The first-order chi connectivity index (χ1) is 13.3. The van der Waals surface area contributed by atoms with E-state index in [0.29, 0.717) is 34.6 Å². The topological polar surface area (TPSA) is 103 Å². The SMILES string of the molecule is COC(=O)Cc1c(C(=O)OC)sc2nc(C[NH+]3C[C@H](C)C[C@@H](C)C3)[nH]c(=O)c12. The van der Waals surface area contributed by atoms with Gasteiger partial charge in [0.2, 0.25) is 0 Å². The Bertz CT molecular complexity index is 941. The van der Waals surface area contributed by atoms with E-state index in [1.165, 1.54) is 25.5 Å². The molecule has 2 atom stereocenters. The minimum atomic E-state index is -0.591. The number of likely N-dealkylation sites (tertiary alicyclic amines) is 1. The van der Waals surface area contributed by atoms with Gasteiger partial charge in [-0.1, -0.05) is 13.8 Å². The number of aromatic nitrogens is 2. The molecule has 0 bridgehead atoms. The summed E-state index contributed by atoms with van der Waals surface area (Å²) in [6, 6.07) is 0. The number of piperidine rings is 1. The average Bonchev–Trinajstić information content (AvgIpc) is 2.98. The number of ether oxygens (including phenoxy) is 2. The van der Waals surface area contributed by atoms with E-state index in [9.17, 15) is 14.4 Å². The number of carbonyl (C=O) groups excluding carboxylic acids is 2. The van der Waals surface area contributed by atoms with Crippen molar-refractivity contribution in [3.63, 3.8) is 0 Å². The van der Waals surface area contributed by atoms with Gasteiger partial charge in [-0.3, -0.25) is 9.59 Å². The summed E-state index contributed by atoms with van der Waals surface area (Å²) < 4.78 is 9.51. The number of quaternary nitrogens is 1. The number of nitrogens with zero attached hydrogens (tertiary/aromatic N) is 1. The van der Waals surface area contributed by atoms with Crippen LogP contribution in [-0.2, 0) is 27.2 Å². The fraction of sp³-hybridized carbons (Fsp3) is 0.579. The molecule has 28 heavy (non-hydrogen) atoms. The molecule has 0 amide bonds. The zero-order valence-corrected chi connectivity index (χ0v) is 17.4. The van der Waals surface area contributed by atoms with Crippen molar-refractivity contribution in [3.05, 3.63) is 26.6 Å². The van der Waals surface area contributed by atoms with E-state index in [2.05, 4.69) is 23.8 Å². The van der Waals surface area contributed by atoms with Crippen LogP contribution in [0.2, 0.25) is 0 Å². The maximum atomic E-state index is 12.8. The summed E-state index contributed by atoms with van der Waals surface area (Å²) in [7, 11) is 2.53. The van der Waals surface area contributed by atoms with E-state index in [4.69, 9.17) is 9.47 Å². The van der Waals surface area contributed by atoms with Crippen molar-refractivity contribution in [2.24, 2.45) is 11.8 Å². The molecule has 0 radical (unpaired) electrons. The third-order valence-electron chi connectivity index (χ3n) is 5.13. The van der Waals surface area contributed by atoms with E-state index in [0.717, 1.165) is 24.4 Å². The Labute approximate surface area is 166 Å². The summed E-state index contributed by atoms with van der Waals surface area (Å²) >= 11 is 1.08. The largest absolute Gasteiger partial charge is 0.469 e. The highest BCUT2D eigenvalue weighted by molar-refractivity contribution is 7.20. The van der Waals surface area contributed by atoms with Crippen molar-refractivity contribution >= 4 is 33.5 Å². The van der Waals surface area contributed by atoms with Crippen LogP contribution in [0, 0.1) is 11.8 Å². The van der Waals surface area contributed by atoms with Crippen molar-refractivity contribution in [2.75, 3.05) is 27.3 Å². The van der Waals surface area contributed by atoms with Crippen LogP contribution < -0.4 is 10.5 Å². The van der Waals surface area contributed by atoms with Gasteiger partial charge < -0.3 is 19.4 Å². The lowest BCUT2D eigenvalue weighted by Gasteiger charge is -2.31. The van der Waals surface area contributed by atoms with Crippen molar-refractivity contribution in [3.8, 4) is 0 Å². The Morgan fingerprint density at radius 3 is 2.50 bits per heavy atom. The van der Waals surface area contributed by atoms with Gasteiger partial charge in [-0.2, -0.15) is 0 Å². The molecule has 0 aromatic carbocycles.